The Morgan fingerprint density at radius 2 is 2.14 bits per heavy atom. The molecule has 2 aliphatic rings. The Morgan fingerprint density at radius 1 is 1.32 bits per heavy atom. The van der Waals surface area contributed by atoms with Gasteiger partial charge in [-0.05, 0) is 36.1 Å². The Morgan fingerprint density at radius 3 is 2.95 bits per heavy atom. The Balaban J connectivity index is 1.75. The second kappa shape index (κ2) is 4.37. The molecule has 0 aromatic carbocycles. The molecule has 0 fully saturated rings. The Labute approximate surface area is 127 Å². The van der Waals surface area contributed by atoms with E-state index in [4.69, 9.17) is 0 Å². The monoisotopic (exact) mass is 294 g/mol. The third-order valence-corrected chi connectivity index (χ3v) is 4.36. The molecule has 0 radical (unpaired) electrons. The van der Waals surface area contributed by atoms with E-state index >= 15 is 0 Å². The first-order valence-corrected chi connectivity index (χ1v) is 7.11. The molecule has 1 spiro atoms. The average Bonchev–Trinajstić information content (AvgIpc) is 2.98. The highest BCUT2D eigenvalue weighted by Crippen LogP contribution is 2.46. The van der Waals surface area contributed by atoms with Gasteiger partial charge in [-0.25, -0.2) is 9.97 Å². The molecule has 1 aliphatic heterocycles. The molecule has 3 heterocycles. The minimum absolute atomic E-state index is 0.0153. The van der Waals surface area contributed by atoms with Crippen LogP contribution in [0, 0.1) is 0 Å². The molecule has 2 aromatic heterocycles. The summed E-state index contributed by atoms with van der Waals surface area (Å²) >= 11 is 0. The minimum atomic E-state index is -0.595. The summed E-state index contributed by atoms with van der Waals surface area (Å²) < 4.78 is 0. The number of anilines is 2. The summed E-state index contributed by atoms with van der Waals surface area (Å²) in [7, 11) is 0. The lowest BCUT2D eigenvalue weighted by molar-refractivity contribution is -0.120. The van der Waals surface area contributed by atoms with Crippen LogP contribution in [0.25, 0.3) is 0 Å². The Bertz CT molecular complexity index is 818. The van der Waals surface area contributed by atoms with Crippen LogP contribution in [0.2, 0.25) is 0 Å². The number of rotatable bonds is 1. The van der Waals surface area contributed by atoms with E-state index in [0.717, 1.165) is 16.7 Å². The predicted molar refractivity (Wildman–Crippen MR) is 80.5 cm³/mol. The van der Waals surface area contributed by atoms with Crippen LogP contribution in [0.15, 0.2) is 30.6 Å². The van der Waals surface area contributed by atoms with Crippen molar-refractivity contribution in [3.8, 4) is 0 Å². The molecule has 2 N–H and O–H groups in total. The van der Waals surface area contributed by atoms with Gasteiger partial charge in [0, 0.05) is 24.9 Å². The van der Waals surface area contributed by atoms with Crippen LogP contribution in [0.5, 0.6) is 0 Å². The van der Waals surface area contributed by atoms with E-state index in [-0.39, 0.29) is 11.8 Å². The molecule has 0 saturated heterocycles. The van der Waals surface area contributed by atoms with E-state index in [1.165, 1.54) is 6.92 Å². The van der Waals surface area contributed by atoms with E-state index in [2.05, 4.69) is 20.6 Å². The number of pyridine rings is 2. The number of carbonyl (C=O) groups is 2. The van der Waals surface area contributed by atoms with Gasteiger partial charge in [-0.1, -0.05) is 6.07 Å². The highest BCUT2D eigenvalue weighted by molar-refractivity contribution is 6.06. The molecule has 1 aliphatic carbocycles. The third-order valence-electron chi connectivity index (χ3n) is 4.36. The summed E-state index contributed by atoms with van der Waals surface area (Å²) in [4.78, 5) is 32.2. The lowest BCUT2D eigenvalue weighted by Gasteiger charge is -2.20. The van der Waals surface area contributed by atoms with E-state index in [9.17, 15) is 9.59 Å². The normalized spacial score (nSPS) is 21.4. The zero-order valence-electron chi connectivity index (χ0n) is 12.0. The molecule has 1 atom stereocenters. The van der Waals surface area contributed by atoms with Crippen LogP contribution in [0.1, 0.15) is 23.6 Å². The van der Waals surface area contributed by atoms with Crippen LogP contribution in [0.3, 0.4) is 0 Å². The first kappa shape index (κ1) is 12.9. The Kier molecular flexibility index (Phi) is 2.57. The first-order chi connectivity index (χ1) is 10.6. The maximum absolute atomic E-state index is 12.5. The molecular formula is C16H14N4O2. The predicted octanol–water partition coefficient (Wildman–Crippen LogP) is 1.42. The molecule has 0 saturated carbocycles. The van der Waals surface area contributed by atoms with Crippen LogP contribution >= 0.6 is 0 Å². The fourth-order valence-corrected chi connectivity index (χ4v) is 3.40. The fourth-order valence-electron chi connectivity index (χ4n) is 3.40. The number of hydrogen-bond acceptors (Lipinski definition) is 4. The van der Waals surface area contributed by atoms with Gasteiger partial charge in [0.05, 0.1) is 5.41 Å². The maximum Gasteiger partial charge on any atom is 0.237 e. The molecule has 2 amide bonds. The molecule has 110 valence electrons. The van der Waals surface area contributed by atoms with Crippen LogP contribution in [-0.2, 0) is 27.8 Å². The second-order valence-corrected chi connectivity index (χ2v) is 5.81. The molecular weight excluding hydrogens is 280 g/mol. The van der Waals surface area contributed by atoms with Gasteiger partial charge in [0.25, 0.3) is 0 Å². The summed E-state index contributed by atoms with van der Waals surface area (Å²) in [5.74, 6) is 0.996. The molecule has 2 aromatic rings. The van der Waals surface area contributed by atoms with Gasteiger partial charge in [-0.15, -0.1) is 0 Å². The quantitative estimate of drug-likeness (QED) is 0.833. The van der Waals surface area contributed by atoms with Gasteiger partial charge in [-0.3, -0.25) is 9.59 Å². The van der Waals surface area contributed by atoms with E-state index in [1.54, 1.807) is 12.4 Å². The topological polar surface area (TPSA) is 84.0 Å². The average molecular weight is 294 g/mol. The van der Waals surface area contributed by atoms with E-state index < -0.39 is 5.41 Å². The molecule has 0 bridgehead atoms. The highest BCUT2D eigenvalue weighted by atomic mass is 16.2. The third kappa shape index (κ3) is 1.73. The minimum Gasteiger partial charge on any atom is -0.311 e. The van der Waals surface area contributed by atoms with Crippen molar-refractivity contribution in [2.24, 2.45) is 0 Å². The molecule has 22 heavy (non-hydrogen) atoms. The van der Waals surface area contributed by atoms with Crippen LogP contribution < -0.4 is 10.6 Å². The van der Waals surface area contributed by atoms with Crippen molar-refractivity contribution in [3.63, 3.8) is 0 Å². The van der Waals surface area contributed by atoms with Crippen molar-refractivity contribution in [2.75, 3.05) is 10.6 Å². The van der Waals surface area contributed by atoms with Gasteiger partial charge >= 0.3 is 0 Å². The Hall–Kier alpha value is -2.76. The van der Waals surface area contributed by atoms with Crippen molar-refractivity contribution < 1.29 is 9.59 Å². The number of nitrogens with zero attached hydrogens (tertiary/aromatic N) is 2. The zero-order chi connectivity index (χ0) is 15.3. The summed E-state index contributed by atoms with van der Waals surface area (Å²) in [6, 6.07) is 5.66. The number of fused-ring (bicyclic) bond motifs is 3. The molecule has 1 unspecified atom stereocenters. The molecule has 6 nitrogen and oxygen atoms in total. The zero-order valence-corrected chi connectivity index (χ0v) is 12.0. The van der Waals surface area contributed by atoms with Crippen LogP contribution in [-0.4, -0.2) is 21.8 Å². The van der Waals surface area contributed by atoms with Gasteiger partial charge in [0.2, 0.25) is 11.8 Å². The molecule has 6 heteroatoms. The largest absolute Gasteiger partial charge is 0.311 e. The number of nitrogens with one attached hydrogen (secondary N) is 2. The number of carbonyl (C=O) groups excluding carboxylic acids is 2. The van der Waals surface area contributed by atoms with Crippen molar-refractivity contribution in [1.29, 1.82) is 0 Å². The molecule has 4 rings (SSSR count). The number of hydrogen-bond donors (Lipinski definition) is 2. The van der Waals surface area contributed by atoms with Crippen LogP contribution in [0.4, 0.5) is 11.6 Å². The fraction of sp³-hybridized carbons (Fsp3) is 0.250. The highest BCUT2D eigenvalue weighted by Gasteiger charge is 2.51. The smallest absolute Gasteiger partial charge is 0.237 e. The lowest BCUT2D eigenvalue weighted by atomic mass is 9.79. The van der Waals surface area contributed by atoms with E-state index in [0.29, 0.717) is 24.5 Å². The van der Waals surface area contributed by atoms with Crippen molar-refractivity contribution in [2.45, 2.75) is 25.2 Å². The summed E-state index contributed by atoms with van der Waals surface area (Å²) in [5, 5.41) is 5.55. The number of aromatic nitrogens is 2. The maximum atomic E-state index is 12.5. The lowest BCUT2D eigenvalue weighted by Crippen LogP contribution is -2.35. The van der Waals surface area contributed by atoms with Gasteiger partial charge in [0.15, 0.2) is 0 Å². The summed E-state index contributed by atoms with van der Waals surface area (Å²) in [5.41, 5.74) is 2.44. The summed E-state index contributed by atoms with van der Waals surface area (Å²) in [6.07, 6.45) is 4.63. The standard InChI is InChI=1S/C16H14N4O2/c1-9(21)19-13-5-10-6-16(7-11(10)8-18-13)12-3-2-4-17-14(12)20-15(16)22/h2-5,8H,6-7H2,1H3,(H,17,20,22)(H,18,19,21). The van der Waals surface area contributed by atoms with Gasteiger partial charge < -0.3 is 10.6 Å². The number of amides is 2. The SMILES string of the molecule is CC(=O)Nc1cc2c(cn1)CC1(C2)C(=O)Nc2ncccc21. The van der Waals surface area contributed by atoms with E-state index in [1.807, 2.05) is 18.2 Å². The van der Waals surface area contributed by atoms with Gasteiger partial charge in [0.1, 0.15) is 11.6 Å². The van der Waals surface area contributed by atoms with Crippen molar-refractivity contribution >= 4 is 23.5 Å². The van der Waals surface area contributed by atoms with Crippen molar-refractivity contribution in [3.05, 3.63) is 47.3 Å². The van der Waals surface area contributed by atoms with Gasteiger partial charge in [-0.2, -0.15) is 0 Å². The first-order valence-electron chi connectivity index (χ1n) is 7.11. The van der Waals surface area contributed by atoms with Crippen molar-refractivity contribution in [1.82, 2.24) is 9.97 Å². The summed E-state index contributed by atoms with van der Waals surface area (Å²) in [6.45, 7) is 1.45. The second-order valence-electron chi connectivity index (χ2n) is 5.81.